The summed E-state index contributed by atoms with van der Waals surface area (Å²) in [5.74, 6) is -0.336. The van der Waals surface area contributed by atoms with Crippen LogP contribution >= 0.6 is 0 Å². The van der Waals surface area contributed by atoms with E-state index in [4.69, 9.17) is 0 Å². The first-order chi connectivity index (χ1) is 14.5. The van der Waals surface area contributed by atoms with Crippen LogP contribution in [0.2, 0.25) is 0 Å². The maximum atomic E-state index is 13.2. The number of carbonyl (C=O) groups is 2. The van der Waals surface area contributed by atoms with Gasteiger partial charge in [-0.1, -0.05) is 13.0 Å². The predicted octanol–water partition coefficient (Wildman–Crippen LogP) is 4.47. The number of aromatic nitrogens is 2. The number of aryl methyl sites for hydroxylation is 1. The Balaban J connectivity index is 2.19. The van der Waals surface area contributed by atoms with Crippen LogP contribution in [0.25, 0.3) is 0 Å². The highest BCUT2D eigenvalue weighted by molar-refractivity contribution is 5.95. The largest absolute Gasteiger partial charge is 0.468 e. The average Bonchev–Trinajstić information content (AvgIpc) is 2.71. The van der Waals surface area contributed by atoms with Crippen molar-refractivity contribution in [2.45, 2.75) is 52.8 Å². The van der Waals surface area contributed by atoms with Crippen LogP contribution in [-0.4, -0.2) is 45.9 Å². The summed E-state index contributed by atoms with van der Waals surface area (Å²) < 4.78 is 41.5. The Morgan fingerprint density at radius 2 is 1.90 bits per heavy atom. The molecule has 0 saturated heterocycles. The Labute approximate surface area is 179 Å². The number of pyridine rings is 2. The summed E-state index contributed by atoms with van der Waals surface area (Å²) in [4.78, 5) is 34.8. The molecule has 31 heavy (non-hydrogen) atoms. The summed E-state index contributed by atoms with van der Waals surface area (Å²) in [5.41, 5.74) is 2.27. The molecule has 0 spiro atoms. The van der Waals surface area contributed by atoms with Crippen LogP contribution in [0.15, 0.2) is 30.5 Å². The van der Waals surface area contributed by atoms with Gasteiger partial charge in [-0.25, -0.2) is 4.98 Å². The van der Waals surface area contributed by atoms with Gasteiger partial charge in [0, 0.05) is 48.6 Å². The molecule has 168 valence electrons. The van der Waals surface area contributed by atoms with E-state index in [1.807, 2.05) is 13.8 Å². The first-order valence-electron chi connectivity index (χ1n) is 9.99. The zero-order valence-electron chi connectivity index (χ0n) is 18.0. The smallest absolute Gasteiger partial charge is 0.422 e. The van der Waals surface area contributed by atoms with Gasteiger partial charge in [-0.15, -0.1) is 0 Å². The number of amides is 1. The number of hydrogen-bond donors (Lipinski definition) is 0. The van der Waals surface area contributed by atoms with E-state index in [1.54, 1.807) is 36.9 Å². The zero-order chi connectivity index (χ0) is 23.2. The third-order valence-electron chi connectivity index (χ3n) is 4.72. The Morgan fingerprint density at radius 1 is 1.19 bits per heavy atom. The van der Waals surface area contributed by atoms with Gasteiger partial charge < -0.3 is 9.64 Å². The van der Waals surface area contributed by atoms with E-state index in [1.165, 1.54) is 12.3 Å². The highest BCUT2D eigenvalue weighted by atomic mass is 19.4. The zero-order valence-corrected chi connectivity index (χ0v) is 18.0. The molecule has 2 aromatic rings. The molecule has 0 N–H and O–H groups in total. The van der Waals surface area contributed by atoms with Crippen LogP contribution in [0, 0.1) is 6.92 Å². The van der Waals surface area contributed by atoms with E-state index in [-0.39, 0.29) is 30.0 Å². The van der Waals surface area contributed by atoms with Gasteiger partial charge >= 0.3 is 6.18 Å². The number of Topliss-reactive ketones (excluding diaryl/α,β-unsaturated/α-hetero) is 1. The number of ether oxygens (including phenoxy) is 1. The van der Waals surface area contributed by atoms with Gasteiger partial charge in [0.1, 0.15) is 5.78 Å². The highest BCUT2D eigenvalue weighted by Crippen LogP contribution is 2.24. The average molecular weight is 437 g/mol. The summed E-state index contributed by atoms with van der Waals surface area (Å²) in [7, 11) is 0. The van der Waals surface area contributed by atoms with Crippen LogP contribution in [0.4, 0.5) is 13.2 Å². The lowest BCUT2D eigenvalue weighted by molar-refractivity contribution is -0.154. The summed E-state index contributed by atoms with van der Waals surface area (Å²) in [5, 5.41) is 0. The highest BCUT2D eigenvalue weighted by Gasteiger charge is 2.29. The molecule has 0 radical (unpaired) electrons. The minimum atomic E-state index is -4.44. The maximum absolute atomic E-state index is 13.2. The lowest BCUT2D eigenvalue weighted by atomic mass is 10.1. The molecule has 2 aromatic heterocycles. The van der Waals surface area contributed by atoms with Crippen molar-refractivity contribution < 1.29 is 27.5 Å². The topological polar surface area (TPSA) is 72.4 Å². The first kappa shape index (κ1) is 24.3. The van der Waals surface area contributed by atoms with Crippen LogP contribution in [-0.2, 0) is 11.2 Å². The fourth-order valence-corrected chi connectivity index (χ4v) is 3.10. The fourth-order valence-electron chi connectivity index (χ4n) is 3.10. The number of ketones is 1. The second-order valence-electron chi connectivity index (χ2n) is 7.16. The Hall–Kier alpha value is -2.97. The van der Waals surface area contributed by atoms with E-state index in [2.05, 4.69) is 14.7 Å². The van der Waals surface area contributed by atoms with Gasteiger partial charge in [0.05, 0.1) is 6.04 Å². The summed E-state index contributed by atoms with van der Waals surface area (Å²) in [6.45, 7) is 6.16. The molecule has 0 aliphatic rings. The van der Waals surface area contributed by atoms with Gasteiger partial charge in [0.2, 0.25) is 5.88 Å². The second-order valence-corrected chi connectivity index (χ2v) is 7.16. The van der Waals surface area contributed by atoms with Crippen molar-refractivity contribution in [2.24, 2.45) is 0 Å². The molecule has 0 saturated carbocycles. The van der Waals surface area contributed by atoms with Crippen molar-refractivity contribution in [3.63, 3.8) is 0 Å². The molecule has 0 fully saturated rings. The van der Waals surface area contributed by atoms with Gasteiger partial charge in [-0.05, 0) is 38.5 Å². The number of alkyl halides is 3. The molecule has 0 aliphatic heterocycles. The number of halogens is 3. The van der Waals surface area contributed by atoms with Crippen LogP contribution in [0.1, 0.15) is 60.5 Å². The van der Waals surface area contributed by atoms with Gasteiger partial charge in [-0.2, -0.15) is 13.2 Å². The molecule has 1 atom stereocenters. The molecule has 2 heterocycles. The third kappa shape index (κ3) is 7.04. The van der Waals surface area contributed by atoms with Gasteiger partial charge in [0.25, 0.3) is 5.91 Å². The molecule has 0 aromatic carbocycles. The quantitative estimate of drug-likeness (QED) is 0.579. The summed E-state index contributed by atoms with van der Waals surface area (Å²) in [6.07, 6.45) is -2.48. The number of carbonyl (C=O) groups excluding carboxylic acids is 2. The van der Waals surface area contributed by atoms with Gasteiger partial charge in [0.15, 0.2) is 6.61 Å². The lowest BCUT2D eigenvalue weighted by Gasteiger charge is -2.28. The van der Waals surface area contributed by atoms with Crippen LogP contribution < -0.4 is 4.74 Å². The molecule has 0 bridgehead atoms. The maximum Gasteiger partial charge on any atom is 0.422 e. The Morgan fingerprint density at radius 3 is 2.45 bits per heavy atom. The lowest BCUT2D eigenvalue weighted by Crippen LogP contribution is -2.33. The van der Waals surface area contributed by atoms with Crippen molar-refractivity contribution >= 4 is 11.7 Å². The fraction of sp³-hybridized carbons (Fsp3) is 0.455. The summed E-state index contributed by atoms with van der Waals surface area (Å²) in [6, 6.07) is 5.86. The van der Waals surface area contributed by atoms with E-state index in [9.17, 15) is 22.8 Å². The van der Waals surface area contributed by atoms with E-state index < -0.39 is 12.8 Å². The first-order valence-corrected chi connectivity index (χ1v) is 9.99. The molecule has 0 aliphatic carbocycles. The van der Waals surface area contributed by atoms with Crippen LogP contribution in [0.5, 0.6) is 5.88 Å². The molecular weight excluding hydrogens is 411 g/mol. The molecule has 9 heteroatoms. The molecule has 1 amide bonds. The van der Waals surface area contributed by atoms with Crippen LogP contribution in [0.3, 0.4) is 0 Å². The van der Waals surface area contributed by atoms with Crippen molar-refractivity contribution in [1.29, 1.82) is 0 Å². The molecule has 6 nitrogen and oxygen atoms in total. The standard InChI is InChI=1S/C22H26F3N3O3/c1-5-19(29)11-18-10-17(9-14(3)27-18)21(30)28(6-2)15(4)16-7-8-20(26-12-16)31-13-22(23,24)25/h7-10,12,15H,5-6,11,13H2,1-4H3. The SMILES string of the molecule is CCC(=O)Cc1cc(C(=O)N(CC)C(C)c2ccc(OCC(F)(F)F)nc2)cc(C)n1. The normalized spacial score (nSPS) is 12.4. The van der Waals surface area contributed by atoms with Gasteiger partial charge in [-0.3, -0.25) is 14.6 Å². The monoisotopic (exact) mass is 437 g/mol. The molecule has 1 unspecified atom stereocenters. The van der Waals surface area contributed by atoms with Crippen molar-refractivity contribution in [1.82, 2.24) is 14.9 Å². The van der Waals surface area contributed by atoms with Crippen molar-refractivity contribution in [3.8, 4) is 5.88 Å². The predicted molar refractivity (Wildman–Crippen MR) is 109 cm³/mol. The summed E-state index contributed by atoms with van der Waals surface area (Å²) >= 11 is 0. The number of nitrogens with zero attached hydrogens (tertiary/aromatic N) is 3. The third-order valence-corrected chi connectivity index (χ3v) is 4.72. The van der Waals surface area contributed by atoms with E-state index in [0.29, 0.717) is 35.5 Å². The number of hydrogen-bond acceptors (Lipinski definition) is 5. The Bertz CT molecular complexity index is 914. The van der Waals surface area contributed by atoms with E-state index >= 15 is 0 Å². The number of rotatable bonds is 9. The second kappa shape index (κ2) is 10.4. The molecule has 2 rings (SSSR count). The Kier molecular flexibility index (Phi) is 8.13. The minimum absolute atomic E-state index is 0.0381. The molecular formula is C22H26F3N3O3. The van der Waals surface area contributed by atoms with E-state index in [0.717, 1.165) is 0 Å². The minimum Gasteiger partial charge on any atom is -0.468 e. The van der Waals surface area contributed by atoms with Crippen molar-refractivity contribution in [3.05, 3.63) is 53.0 Å². The van der Waals surface area contributed by atoms with Crippen molar-refractivity contribution in [2.75, 3.05) is 13.2 Å².